The van der Waals surface area contributed by atoms with Crippen molar-refractivity contribution >= 4 is 11.0 Å². The standard InChI is InChI=1S/C10H9N3O/c11-6-8-2-1-3-9-10(8)13(4-5-14)7-12-9/h1-3,7,14H,4-5H2. The number of nitriles is 1. The third-order valence-electron chi connectivity index (χ3n) is 2.10. The summed E-state index contributed by atoms with van der Waals surface area (Å²) in [5, 5.41) is 17.7. The van der Waals surface area contributed by atoms with E-state index in [0.717, 1.165) is 11.0 Å². The van der Waals surface area contributed by atoms with Crippen molar-refractivity contribution in [2.45, 2.75) is 6.54 Å². The van der Waals surface area contributed by atoms with Gasteiger partial charge < -0.3 is 9.67 Å². The predicted molar refractivity (Wildman–Crippen MR) is 51.5 cm³/mol. The van der Waals surface area contributed by atoms with Gasteiger partial charge in [0, 0.05) is 6.54 Å². The highest BCUT2D eigenvalue weighted by Gasteiger charge is 2.06. The zero-order chi connectivity index (χ0) is 9.97. The van der Waals surface area contributed by atoms with Gasteiger partial charge >= 0.3 is 0 Å². The summed E-state index contributed by atoms with van der Waals surface area (Å²) in [6.07, 6.45) is 1.64. The van der Waals surface area contributed by atoms with Crippen LogP contribution in [0, 0.1) is 11.3 Å². The minimum Gasteiger partial charge on any atom is -0.395 e. The maximum Gasteiger partial charge on any atom is 0.101 e. The second-order valence-corrected chi connectivity index (χ2v) is 2.95. The number of hydrogen-bond donors (Lipinski definition) is 1. The van der Waals surface area contributed by atoms with Crippen LogP contribution in [0.1, 0.15) is 5.56 Å². The summed E-state index contributed by atoms with van der Waals surface area (Å²) in [7, 11) is 0. The first-order valence-electron chi connectivity index (χ1n) is 4.31. The second kappa shape index (κ2) is 3.48. The summed E-state index contributed by atoms with van der Waals surface area (Å²) in [6, 6.07) is 7.51. The van der Waals surface area contributed by atoms with Gasteiger partial charge in [-0.1, -0.05) is 6.07 Å². The fraction of sp³-hybridized carbons (Fsp3) is 0.200. The summed E-state index contributed by atoms with van der Waals surface area (Å²) in [6.45, 7) is 0.514. The lowest BCUT2D eigenvalue weighted by Gasteiger charge is -2.01. The molecule has 0 aliphatic heterocycles. The normalized spacial score (nSPS) is 10.3. The van der Waals surface area contributed by atoms with Crippen LogP contribution in [0.25, 0.3) is 11.0 Å². The lowest BCUT2D eigenvalue weighted by atomic mass is 10.2. The van der Waals surface area contributed by atoms with E-state index in [4.69, 9.17) is 10.4 Å². The zero-order valence-electron chi connectivity index (χ0n) is 7.51. The maximum atomic E-state index is 8.89. The molecule has 1 N–H and O–H groups in total. The van der Waals surface area contributed by atoms with Crippen molar-refractivity contribution in [1.82, 2.24) is 9.55 Å². The third-order valence-corrected chi connectivity index (χ3v) is 2.10. The predicted octanol–water partition coefficient (Wildman–Crippen LogP) is 0.900. The lowest BCUT2D eigenvalue weighted by Crippen LogP contribution is -2.00. The fourth-order valence-electron chi connectivity index (χ4n) is 1.49. The molecule has 0 bridgehead atoms. The van der Waals surface area contributed by atoms with Gasteiger partial charge in [0.1, 0.15) is 6.07 Å². The number of aliphatic hydroxyl groups excluding tert-OH is 1. The van der Waals surface area contributed by atoms with Crippen LogP contribution in [0.3, 0.4) is 0 Å². The van der Waals surface area contributed by atoms with Gasteiger partial charge in [0.05, 0.1) is 29.5 Å². The Hall–Kier alpha value is -1.86. The summed E-state index contributed by atoms with van der Waals surface area (Å²) >= 11 is 0. The summed E-state index contributed by atoms with van der Waals surface area (Å²) < 4.78 is 1.79. The van der Waals surface area contributed by atoms with Crippen molar-refractivity contribution in [3.63, 3.8) is 0 Å². The van der Waals surface area contributed by atoms with Crippen molar-refractivity contribution < 1.29 is 5.11 Å². The number of benzene rings is 1. The highest BCUT2D eigenvalue weighted by molar-refractivity contribution is 5.81. The topological polar surface area (TPSA) is 61.8 Å². The van der Waals surface area contributed by atoms with Crippen LogP contribution < -0.4 is 0 Å². The molecule has 4 nitrogen and oxygen atoms in total. The molecule has 2 aromatic rings. The Kier molecular flexibility index (Phi) is 2.17. The average molecular weight is 187 g/mol. The van der Waals surface area contributed by atoms with Crippen LogP contribution in [-0.2, 0) is 6.54 Å². The van der Waals surface area contributed by atoms with E-state index in [2.05, 4.69) is 11.1 Å². The van der Waals surface area contributed by atoms with Gasteiger partial charge in [-0.15, -0.1) is 0 Å². The third kappa shape index (κ3) is 1.24. The molecule has 0 amide bonds. The molecule has 0 radical (unpaired) electrons. The number of rotatable bonds is 2. The molecular weight excluding hydrogens is 178 g/mol. The number of fused-ring (bicyclic) bond motifs is 1. The Balaban J connectivity index is 2.69. The Morgan fingerprint density at radius 3 is 3.07 bits per heavy atom. The minimum absolute atomic E-state index is 0.0468. The number of hydrogen-bond acceptors (Lipinski definition) is 3. The van der Waals surface area contributed by atoms with Crippen molar-refractivity contribution in [2.75, 3.05) is 6.61 Å². The number of para-hydroxylation sites is 1. The van der Waals surface area contributed by atoms with Gasteiger partial charge in [-0.3, -0.25) is 0 Å². The van der Waals surface area contributed by atoms with Gasteiger partial charge in [0.25, 0.3) is 0 Å². The van der Waals surface area contributed by atoms with Crippen LogP contribution in [0.2, 0.25) is 0 Å². The van der Waals surface area contributed by atoms with E-state index >= 15 is 0 Å². The molecular formula is C10H9N3O. The lowest BCUT2D eigenvalue weighted by molar-refractivity contribution is 0.278. The van der Waals surface area contributed by atoms with Gasteiger partial charge in [-0.05, 0) is 12.1 Å². The molecule has 0 aliphatic rings. The van der Waals surface area contributed by atoms with E-state index < -0.39 is 0 Å². The summed E-state index contributed by atoms with van der Waals surface area (Å²) in [4.78, 5) is 4.15. The number of aliphatic hydroxyl groups is 1. The molecule has 0 fully saturated rings. The zero-order valence-corrected chi connectivity index (χ0v) is 7.51. The van der Waals surface area contributed by atoms with Crippen molar-refractivity contribution in [2.24, 2.45) is 0 Å². The monoisotopic (exact) mass is 187 g/mol. The van der Waals surface area contributed by atoms with E-state index in [1.807, 2.05) is 6.07 Å². The van der Waals surface area contributed by atoms with Crippen molar-refractivity contribution in [3.05, 3.63) is 30.1 Å². The molecule has 0 atom stereocenters. The Morgan fingerprint density at radius 1 is 1.50 bits per heavy atom. The molecule has 0 unspecified atom stereocenters. The van der Waals surface area contributed by atoms with Gasteiger partial charge in [-0.25, -0.2) is 4.98 Å². The SMILES string of the molecule is N#Cc1cccc2ncn(CCO)c12. The van der Waals surface area contributed by atoms with Crippen molar-refractivity contribution in [3.8, 4) is 6.07 Å². The summed E-state index contributed by atoms with van der Waals surface area (Å²) in [5.74, 6) is 0. The molecule has 0 saturated carbocycles. The highest BCUT2D eigenvalue weighted by Crippen LogP contribution is 2.16. The number of imidazole rings is 1. The van der Waals surface area contributed by atoms with Crippen LogP contribution in [0.15, 0.2) is 24.5 Å². The molecule has 14 heavy (non-hydrogen) atoms. The van der Waals surface area contributed by atoms with Crippen LogP contribution >= 0.6 is 0 Å². The molecule has 0 aliphatic carbocycles. The van der Waals surface area contributed by atoms with E-state index in [9.17, 15) is 0 Å². The Bertz CT molecular complexity index is 496. The first-order valence-corrected chi connectivity index (χ1v) is 4.31. The molecule has 1 aromatic carbocycles. The maximum absolute atomic E-state index is 8.89. The van der Waals surface area contributed by atoms with E-state index in [1.54, 1.807) is 23.0 Å². The molecule has 1 aromatic heterocycles. The van der Waals surface area contributed by atoms with E-state index in [0.29, 0.717) is 12.1 Å². The number of aromatic nitrogens is 2. The van der Waals surface area contributed by atoms with Gasteiger partial charge in [0.15, 0.2) is 0 Å². The van der Waals surface area contributed by atoms with E-state index in [1.165, 1.54) is 0 Å². The van der Waals surface area contributed by atoms with Gasteiger partial charge in [-0.2, -0.15) is 5.26 Å². The van der Waals surface area contributed by atoms with Crippen LogP contribution in [0.5, 0.6) is 0 Å². The van der Waals surface area contributed by atoms with Crippen molar-refractivity contribution in [1.29, 1.82) is 5.26 Å². The summed E-state index contributed by atoms with van der Waals surface area (Å²) in [5.41, 5.74) is 2.18. The quantitative estimate of drug-likeness (QED) is 0.759. The minimum atomic E-state index is 0.0468. The van der Waals surface area contributed by atoms with E-state index in [-0.39, 0.29) is 6.61 Å². The molecule has 70 valence electrons. The molecule has 0 spiro atoms. The Morgan fingerprint density at radius 2 is 2.36 bits per heavy atom. The Labute approximate surface area is 81.0 Å². The van der Waals surface area contributed by atoms with Crippen LogP contribution in [-0.4, -0.2) is 21.3 Å². The first kappa shape index (κ1) is 8.73. The number of nitrogens with zero attached hydrogens (tertiary/aromatic N) is 3. The second-order valence-electron chi connectivity index (χ2n) is 2.95. The highest BCUT2D eigenvalue weighted by atomic mass is 16.3. The fourth-order valence-corrected chi connectivity index (χ4v) is 1.49. The smallest absolute Gasteiger partial charge is 0.101 e. The molecule has 1 heterocycles. The van der Waals surface area contributed by atoms with Crippen LogP contribution in [0.4, 0.5) is 0 Å². The first-order chi connectivity index (χ1) is 6.86. The largest absolute Gasteiger partial charge is 0.395 e. The molecule has 0 saturated heterocycles. The molecule has 4 heteroatoms. The average Bonchev–Trinajstić information content (AvgIpc) is 2.62. The molecule has 2 rings (SSSR count). The van der Waals surface area contributed by atoms with Gasteiger partial charge in [0.2, 0.25) is 0 Å².